The third-order valence-corrected chi connectivity index (χ3v) is 5.01. The van der Waals surface area contributed by atoms with Crippen molar-refractivity contribution in [2.45, 2.75) is 26.4 Å². The number of fused-ring (bicyclic) bond motifs is 1. The number of halogens is 2. The van der Waals surface area contributed by atoms with Gasteiger partial charge in [-0.2, -0.15) is 0 Å². The summed E-state index contributed by atoms with van der Waals surface area (Å²) in [5, 5.41) is 13.1. The molecule has 2 heterocycles. The van der Waals surface area contributed by atoms with E-state index in [9.17, 15) is 33.1 Å². The molecule has 0 saturated heterocycles. The molecule has 0 radical (unpaired) electrons. The van der Waals surface area contributed by atoms with Gasteiger partial charge in [0.15, 0.2) is 17.2 Å². The maximum atomic E-state index is 13.8. The zero-order valence-electron chi connectivity index (χ0n) is 17.4. The Bertz CT molecular complexity index is 1150. The Labute approximate surface area is 181 Å². The van der Waals surface area contributed by atoms with Gasteiger partial charge in [0.05, 0.1) is 18.8 Å². The number of hydrogen-bond acceptors (Lipinski definition) is 7. The van der Waals surface area contributed by atoms with Crippen molar-refractivity contribution in [3.05, 3.63) is 63.1 Å². The maximum Gasteiger partial charge on any atom is 0.302 e. The molecule has 0 bridgehead atoms. The fraction of sp³-hybridized carbons (Fsp3) is 0.333. The van der Waals surface area contributed by atoms with Crippen molar-refractivity contribution in [3.8, 4) is 5.75 Å². The molecule has 0 fully saturated rings. The highest BCUT2D eigenvalue weighted by molar-refractivity contribution is 5.99. The van der Waals surface area contributed by atoms with Crippen molar-refractivity contribution in [2.75, 3.05) is 20.2 Å². The number of rotatable bonds is 7. The Balaban J connectivity index is 1.82. The van der Waals surface area contributed by atoms with Crippen molar-refractivity contribution in [2.24, 2.45) is 0 Å². The number of benzene rings is 1. The number of ether oxygens (including phenoxy) is 1. The van der Waals surface area contributed by atoms with Crippen LogP contribution in [0.1, 0.15) is 39.8 Å². The number of Topliss-reactive ketones (excluding diaryl/α,β-unsaturated/α-hetero) is 1. The predicted molar refractivity (Wildman–Crippen MR) is 107 cm³/mol. The van der Waals surface area contributed by atoms with E-state index in [1.165, 1.54) is 33.8 Å². The smallest absolute Gasteiger partial charge is 0.302 e. The molecule has 1 aliphatic rings. The molecule has 3 rings (SSSR count). The summed E-state index contributed by atoms with van der Waals surface area (Å²) in [6.45, 7) is 1.19. The van der Waals surface area contributed by atoms with Crippen LogP contribution in [-0.4, -0.2) is 57.6 Å². The van der Waals surface area contributed by atoms with Crippen LogP contribution in [0.15, 0.2) is 29.2 Å². The number of aryl methyl sites for hydroxylation is 1. The second kappa shape index (κ2) is 9.27. The Morgan fingerprint density at radius 2 is 1.94 bits per heavy atom. The third-order valence-electron chi connectivity index (χ3n) is 5.01. The lowest BCUT2D eigenvalue weighted by molar-refractivity contribution is -0.142. The SMILES string of the molecule is CC(=O)OCCN1C(=O)c2c(O)c(=O)c(C(=O)CCc3ccc(F)cc3F)cn2CN1C. The van der Waals surface area contributed by atoms with Gasteiger partial charge in [-0.1, -0.05) is 6.07 Å². The van der Waals surface area contributed by atoms with Crippen molar-refractivity contribution < 1.29 is 33.0 Å². The first-order chi connectivity index (χ1) is 15.1. The second-order valence-corrected chi connectivity index (χ2v) is 7.27. The molecular formula is C21H21F2N3O6. The highest BCUT2D eigenvalue weighted by Gasteiger charge is 2.33. The van der Waals surface area contributed by atoms with Crippen LogP contribution in [0.2, 0.25) is 0 Å². The number of aromatic hydroxyl groups is 1. The molecule has 2 aromatic rings. The van der Waals surface area contributed by atoms with Crippen molar-refractivity contribution in [1.29, 1.82) is 0 Å². The summed E-state index contributed by atoms with van der Waals surface area (Å²) in [5.74, 6) is -4.29. The Morgan fingerprint density at radius 1 is 1.22 bits per heavy atom. The highest BCUT2D eigenvalue weighted by atomic mass is 19.1. The van der Waals surface area contributed by atoms with E-state index in [1.807, 2.05) is 0 Å². The fourth-order valence-corrected chi connectivity index (χ4v) is 3.41. The third kappa shape index (κ3) is 4.67. The molecule has 1 aliphatic heterocycles. The number of carbonyl (C=O) groups is 3. The largest absolute Gasteiger partial charge is 0.503 e. The van der Waals surface area contributed by atoms with E-state index >= 15 is 0 Å². The summed E-state index contributed by atoms with van der Waals surface area (Å²) in [7, 11) is 1.57. The van der Waals surface area contributed by atoms with E-state index in [1.54, 1.807) is 7.05 Å². The van der Waals surface area contributed by atoms with Gasteiger partial charge in [-0.15, -0.1) is 0 Å². The van der Waals surface area contributed by atoms with Gasteiger partial charge in [0, 0.05) is 32.7 Å². The molecule has 1 aromatic heterocycles. The molecule has 1 aromatic carbocycles. The maximum absolute atomic E-state index is 13.8. The lowest BCUT2D eigenvalue weighted by Gasteiger charge is -2.37. The molecule has 0 spiro atoms. The minimum atomic E-state index is -1.02. The Hall–Kier alpha value is -3.60. The van der Waals surface area contributed by atoms with Crippen LogP contribution >= 0.6 is 0 Å². The van der Waals surface area contributed by atoms with E-state index in [4.69, 9.17) is 4.74 Å². The van der Waals surface area contributed by atoms with E-state index < -0.39 is 40.5 Å². The summed E-state index contributed by atoms with van der Waals surface area (Å²) in [5.41, 5.74) is -1.54. The van der Waals surface area contributed by atoms with Gasteiger partial charge >= 0.3 is 5.97 Å². The number of carbonyl (C=O) groups excluding carboxylic acids is 3. The summed E-state index contributed by atoms with van der Waals surface area (Å²) in [6.07, 6.45) is 0.850. The average molecular weight is 449 g/mol. The standard InChI is InChI=1S/C21H21F2N3O6/c1-12(27)32-8-7-26-21(31)18-20(30)19(29)15(10-25(18)11-24(26)2)17(28)6-4-13-3-5-14(22)9-16(13)23/h3,5,9-10,30H,4,6-8,11H2,1-2H3. The number of esters is 1. The minimum absolute atomic E-state index is 0.00641. The number of pyridine rings is 1. The Kier molecular flexibility index (Phi) is 6.68. The summed E-state index contributed by atoms with van der Waals surface area (Å²) < 4.78 is 32.9. The van der Waals surface area contributed by atoms with Gasteiger partial charge in [-0.05, 0) is 18.1 Å². The molecule has 0 aliphatic carbocycles. The quantitative estimate of drug-likeness (QED) is 0.504. The van der Waals surface area contributed by atoms with Crippen LogP contribution in [-0.2, 0) is 22.6 Å². The van der Waals surface area contributed by atoms with Crippen LogP contribution in [0.3, 0.4) is 0 Å². The van der Waals surface area contributed by atoms with Crippen LogP contribution in [0.25, 0.3) is 0 Å². The van der Waals surface area contributed by atoms with Crippen molar-refractivity contribution in [3.63, 3.8) is 0 Å². The number of nitrogens with zero attached hydrogens (tertiary/aromatic N) is 3. The van der Waals surface area contributed by atoms with E-state index in [0.717, 1.165) is 6.07 Å². The molecule has 170 valence electrons. The van der Waals surface area contributed by atoms with Crippen molar-refractivity contribution in [1.82, 2.24) is 14.6 Å². The highest BCUT2D eigenvalue weighted by Crippen LogP contribution is 2.23. The molecule has 0 unspecified atom stereocenters. The van der Waals surface area contributed by atoms with Crippen LogP contribution in [0, 0.1) is 11.6 Å². The van der Waals surface area contributed by atoms with Crippen LogP contribution in [0.4, 0.5) is 8.78 Å². The van der Waals surface area contributed by atoms with Crippen molar-refractivity contribution >= 4 is 17.7 Å². The second-order valence-electron chi connectivity index (χ2n) is 7.27. The first-order valence-corrected chi connectivity index (χ1v) is 9.70. The average Bonchev–Trinajstić information content (AvgIpc) is 2.71. The number of aromatic nitrogens is 1. The van der Waals surface area contributed by atoms with E-state index in [2.05, 4.69) is 0 Å². The summed E-state index contributed by atoms with van der Waals surface area (Å²) in [6, 6.07) is 2.98. The van der Waals surface area contributed by atoms with Gasteiger partial charge in [0.2, 0.25) is 5.43 Å². The molecule has 9 nitrogen and oxygen atoms in total. The lowest BCUT2D eigenvalue weighted by atomic mass is 10.0. The topological polar surface area (TPSA) is 109 Å². The number of ketones is 1. The van der Waals surface area contributed by atoms with E-state index in [0.29, 0.717) is 6.07 Å². The molecule has 11 heteroatoms. The number of hydrazine groups is 1. The lowest BCUT2D eigenvalue weighted by Crippen LogP contribution is -2.52. The van der Waals surface area contributed by atoms with E-state index in [-0.39, 0.29) is 49.5 Å². The zero-order valence-corrected chi connectivity index (χ0v) is 17.4. The zero-order chi connectivity index (χ0) is 23.6. The number of amides is 1. The molecular weight excluding hydrogens is 428 g/mol. The molecule has 1 N–H and O–H groups in total. The molecule has 0 atom stereocenters. The first kappa shape index (κ1) is 23.1. The van der Waals surface area contributed by atoms with Gasteiger partial charge in [-0.25, -0.2) is 13.8 Å². The molecule has 1 amide bonds. The Morgan fingerprint density at radius 3 is 2.59 bits per heavy atom. The molecule has 32 heavy (non-hydrogen) atoms. The normalized spacial score (nSPS) is 13.8. The fourth-order valence-electron chi connectivity index (χ4n) is 3.41. The number of hydrogen-bond donors (Lipinski definition) is 1. The summed E-state index contributed by atoms with van der Waals surface area (Å²) >= 11 is 0. The predicted octanol–water partition coefficient (Wildman–Crippen LogP) is 1.47. The van der Waals surface area contributed by atoms with Gasteiger partial charge in [0.1, 0.15) is 18.2 Å². The summed E-state index contributed by atoms with van der Waals surface area (Å²) in [4.78, 5) is 48.9. The van der Waals surface area contributed by atoms with Gasteiger partial charge in [-0.3, -0.25) is 24.2 Å². The minimum Gasteiger partial charge on any atom is -0.503 e. The molecule has 0 saturated carbocycles. The van der Waals surface area contributed by atoms with Crippen LogP contribution in [0.5, 0.6) is 5.75 Å². The monoisotopic (exact) mass is 449 g/mol. The van der Waals surface area contributed by atoms with Gasteiger partial charge in [0.25, 0.3) is 5.91 Å². The van der Waals surface area contributed by atoms with Crippen LogP contribution < -0.4 is 5.43 Å². The first-order valence-electron chi connectivity index (χ1n) is 9.70. The van der Waals surface area contributed by atoms with Gasteiger partial charge < -0.3 is 14.4 Å².